The molecule has 0 aromatic carbocycles. The number of hydrogen-bond acceptors (Lipinski definition) is 1. The fourth-order valence-corrected chi connectivity index (χ4v) is 1.61. The molecule has 1 aliphatic heterocycles. The molecule has 1 radical (unpaired) electrons. The summed E-state index contributed by atoms with van der Waals surface area (Å²) in [5.74, 6) is 0. The average Bonchev–Trinajstić information content (AvgIpc) is 2.41. The van der Waals surface area contributed by atoms with Crippen LogP contribution in [0, 0.1) is 0 Å². The minimum Gasteiger partial charge on any atom is -0.144 e. The van der Waals surface area contributed by atoms with Crippen molar-refractivity contribution in [2.75, 3.05) is 0 Å². The van der Waals surface area contributed by atoms with Crippen LogP contribution in [0.5, 0.6) is 0 Å². The van der Waals surface area contributed by atoms with Crippen molar-refractivity contribution in [1.82, 2.24) is 0 Å². The molecule has 0 aromatic rings. The van der Waals surface area contributed by atoms with E-state index in [1.165, 1.54) is 0 Å². The van der Waals surface area contributed by atoms with Crippen LogP contribution in [0.25, 0.3) is 0 Å². The Hall–Kier alpha value is 1.47. The quantitative estimate of drug-likeness (QED) is 0.368. The van der Waals surface area contributed by atoms with Crippen LogP contribution < -0.4 is 0 Å². The summed E-state index contributed by atoms with van der Waals surface area (Å²) in [4.78, 5) is 0. The number of hydrogen-bond donors (Lipinski definition) is 0. The monoisotopic (exact) mass is 149 g/mol. The normalized spacial score (nSPS) is 38.0. The molecular weight excluding hydrogens is 143 g/mol. The van der Waals surface area contributed by atoms with Crippen molar-refractivity contribution in [1.29, 1.82) is 0 Å². The third-order valence-electron chi connectivity index (χ3n) is 1.27. The topological polar surface area (TPSA) is 0 Å². The number of thioether (sulfide) groups is 1. The minimum absolute atomic E-state index is 0. The Balaban J connectivity index is 0.000000320. The second-order valence-electron chi connectivity index (χ2n) is 1.84. The molecule has 0 aromatic heterocycles. The first-order chi connectivity index (χ1) is 3.47. The van der Waals surface area contributed by atoms with Crippen LogP contribution in [0.3, 0.4) is 0 Å². The Bertz CT molecular complexity index is 123. The molecule has 2 aliphatic rings. The van der Waals surface area contributed by atoms with E-state index in [0.717, 1.165) is 10.5 Å². The SMILES string of the molecule is C1=CC2SC2C=C1.[K]. The molecule has 2 heteroatoms. The molecule has 2 rings (SSSR count). The summed E-state index contributed by atoms with van der Waals surface area (Å²) in [6.07, 6.45) is 8.77. The molecule has 2 unspecified atom stereocenters. The maximum absolute atomic E-state index is 2.26. The van der Waals surface area contributed by atoms with Crippen LogP contribution in [-0.2, 0) is 0 Å². The van der Waals surface area contributed by atoms with Gasteiger partial charge >= 0.3 is 0 Å². The van der Waals surface area contributed by atoms with Crippen LogP contribution in [0.4, 0.5) is 0 Å². The molecule has 0 bridgehead atoms. The van der Waals surface area contributed by atoms with Crippen LogP contribution >= 0.6 is 11.8 Å². The van der Waals surface area contributed by atoms with Crippen molar-refractivity contribution >= 4 is 63.1 Å². The van der Waals surface area contributed by atoms with Gasteiger partial charge in [0.2, 0.25) is 0 Å². The van der Waals surface area contributed by atoms with E-state index in [9.17, 15) is 0 Å². The van der Waals surface area contributed by atoms with Crippen molar-refractivity contribution in [2.45, 2.75) is 10.5 Å². The van der Waals surface area contributed by atoms with Gasteiger partial charge in [-0.2, -0.15) is 0 Å². The first kappa shape index (κ1) is 7.57. The van der Waals surface area contributed by atoms with E-state index < -0.39 is 0 Å². The van der Waals surface area contributed by atoms with E-state index >= 15 is 0 Å². The van der Waals surface area contributed by atoms with Crippen LogP contribution in [0.1, 0.15) is 0 Å². The number of allylic oxidation sites excluding steroid dienone is 2. The van der Waals surface area contributed by atoms with Gasteiger partial charge < -0.3 is 0 Å². The summed E-state index contributed by atoms with van der Waals surface area (Å²) in [6.45, 7) is 0. The molecule has 1 heterocycles. The van der Waals surface area contributed by atoms with E-state index in [0.29, 0.717) is 0 Å². The summed E-state index contributed by atoms with van der Waals surface area (Å²) in [5.41, 5.74) is 0. The predicted molar refractivity (Wildman–Crippen MR) is 39.2 cm³/mol. The molecule has 1 fully saturated rings. The standard InChI is InChI=1S/C6H6S.K/c1-2-4-6-5(3-1)7-6;/h1-6H;. The fraction of sp³-hybridized carbons (Fsp3) is 0.333. The van der Waals surface area contributed by atoms with Crippen molar-refractivity contribution in [3.8, 4) is 0 Å². The van der Waals surface area contributed by atoms with Gasteiger partial charge in [-0.3, -0.25) is 0 Å². The second kappa shape index (κ2) is 3.04. The Kier molecular flexibility index (Phi) is 2.87. The van der Waals surface area contributed by atoms with Gasteiger partial charge in [-0.15, -0.1) is 11.8 Å². The van der Waals surface area contributed by atoms with Crippen LogP contribution in [0.2, 0.25) is 0 Å². The molecule has 0 amide bonds. The first-order valence-corrected chi connectivity index (χ1v) is 3.41. The third kappa shape index (κ3) is 1.49. The fourth-order valence-electron chi connectivity index (χ4n) is 0.793. The predicted octanol–water partition coefficient (Wildman–Crippen LogP) is 1.22. The average molecular weight is 149 g/mol. The van der Waals surface area contributed by atoms with Gasteiger partial charge in [0.15, 0.2) is 0 Å². The third-order valence-corrected chi connectivity index (χ3v) is 2.49. The Morgan fingerprint density at radius 3 is 1.88 bits per heavy atom. The Labute approximate surface area is 96.2 Å². The largest absolute Gasteiger partial charge is 0.144 e. The molecule has 0 N–H and O–H groups in total. The summed E-state index contributed by atoms with van der Waals surface area (Å²) in [5, 5.41) is 1.70. The van der Waals surface area contributed by atoms with Gasteiger partial charge in [-0.05, 0) is 0 Å². The van der Waals surface area contributed by atoms with Crippen LogP contribution in [-0.4, -0.2) is 61.9 Å². The second-order valence-corrected chi connectivity index (χ2v) is 3.20. The molecule has 1 aliphatic carbocycles. The van der Waals surface area contributed by atoms with E-state index in [1.807, 2.05) is 11.8 Å². The number of fused-ring (bicyclic) bond motifs is 1. The molecule has 0 spiro atoms. The number of rotatable bonds is 0. The zero-order valence-electron chi connectivity index (χ0n) is 4.87. The maximum atomic E-state index is 2.26. The van der Waals surface area contributed by atoms with Gasteiger partial charge in [0.05, 0.1) is 0 Å². The van der Waals surface area contributed by atoms with Gasteiger partial charge in [0.1, 0.15) is 0 Å². The van der Waals surface area contributed by atoms with Crippen molar-refractivity contribution < 1.29 is 0 Å². The molecule has 2 atom stereocenters. The van der Waals surface area contributed by atoms with Gasteiger partial charge in [-0.25, -0.2) is 0 Å². The van der Waals surface area contributed by atoms with Crippen molar-refractivity contribution in [2.24, 2.45) is 0 Å². The molecule has 0 saturated carbocycles. The molecular formula is C6H6KS. The van der Waals surface area contributed by atoms with Crippen LogP contribution in [0.15, 0.2) is 24.3 Å². The molecule has 1 saturated heterocycles. The Morgan fingerprint density at radius 2 is 1.50 bits per heavy atom. The summed E-state index contributed by atoms with van der Waals surface area (Å²) in [7, 11) is 0. The molecule has 8 heavy (non-hydrogen) atoms. The van der Waals surface area contributed by atoms with E-state index in [4.69, 9.17) is 0 Å². The zero-order valence-corrected chi connectivity index (χ0v) is 8.81. The summed E-state index contributed by atoms with van der Waals surface area (Å²) in [6, 6.07) is 0. The minimum atomic E-state index is 0. The van der Waals surface area contributed by atoms with Crippen molar-refractivity contribution in [3.05, 3.63) is 24.3 Å². The first-order valence-electron chi connectivity index (χ1n) is 2.47. The van der Waals surface area contributed by atoms with Gasteiger partial charge in [0.25, 0.3) is 0 Å². The maximum Gasteiger partial charge on any atom is 0.0391 e. The summed E-state index contributed by atoms with van der Waals surface area (Å²) < 4.78 is 0. The van der Waals surface area contributed by atoms with Crippen molar-refractivity contribution in [3.63, 3.8) is 0 Å². The van der Waals surface area contributed by atoms with E-state index in [-0.39, 0.29) is 51.4 Å². The van der Waals surface area contributed by atoms with E-state index in [1.54, 1.807) is 0 Å². The van der Waals surface area contributed by atoms with Gasteiger partial charge in [0, 0.05) is 61.9 Å². The molecule has 37 valence electrons. The van der Waals surface area contributed by atoms with Gasteiger partial charge in [-0.1, -0.05) is 24.3 Å². The summed E-state index contributed by atoms with van der Waals surface area (Å²) >= 11 is 2.03. The smallest absolute Gasteiger partial charge is 0.0391 e. The Morgan fingerprint density at radius 1 is 1.00 bits per heavy atom. The van der Waals surface area contributed by atoms with E-state index in [2.05, 4.69) is 24.3 Å². The molecule has 0 nitrogen and oxygen atoms in total. The zero-order chi connectivity index (χ0) is 4.69.